The number of aromatic nitrogens is 1. The van der Waals surface area contributed by atoms with Crippen molar-refractivity contribution < 1.29 is 9.53 Å². The Morgan fingerprint density at radius 2 is 2.07 bits per heavy atom. The molecule has 1 heterocycles. The van der Waals surface area contributed by atoms with Crippen LogP contribution < -0.4 is 5.32 Å². The zero-order valence-electron chi connectivity index (χ0n) is 7.38. The molecule has 0 aromatic carbocycles. The molecule has 0 aliphatic carbocycles. The number of carbonyl (C=O) groups excluding carboxylic acids is 1. The predicted molar refractivity (Wildman–Crippen MR) is 53.5 cm³/mol. The van der Waals surface area contributed by atoms with E-state index in [0.29, 0.717) is 5.56 Å². The summed E-state index contributed by atoms with van der Waals surface area (Å²) in [6, 6.07) is 3.16. The van der Waals surface area contributed by atoms with Crippen LogP contribution in [0.25, 0.3) is 0 Å². The van der Waals surface area contributed by atoms with E-state index in [-0.39, 0.29) is 16.9 Å². The summed E-state index contributed by atoms with van der Waals surface area (Å²) in [5.74, 6) is 0. The van der Waals surface area contributed by atoms with Crippen molar-refractivity contribution in [3.63, 3.8) is 0 Å². The van der Waals surface area contributed by atoms with Crippen LogP contribution in [0.1, 0.15) is 5.56 Å². The van der Waals surface area contributed by atoms with Crippen molar-refractivity contribution >= 4 is 29.3 Å². The van der Waals surface area contributed by atoms with E-state index in [1.54, 1.807) is 12.1 Å². The zero-order chi connectivity index (χ0) is 10.6. The highest BCUT2D eigenvalue weighted by Crippen LogP contribution is 2.15. The Labute approximate surface area is 91.2 Å². The highest BCUT2D eigenvalue weighted by Gasteiger charge is 2.02. The van der Waals surface area contributed by atoms with Crippen molar-refractivity contribution in [1.29, 1.82) is 0 Å². The highest BCUT2D eigenvalue weighted by molar-refractivity contribution is 6.32. The average Bonchev–Trinajstić information content (AvgIpc) is 2.12. The Hall–Kier alpha value is -1.00. The number of pyridine rings is 1. The quantitative estimate of drug-likeness (QED) is 0.799. The van der Waals surface area contributed by atoms with Crippen LogP contribution in [0.4, 0.5) is 4.79 Å². The van der Waals surface area contributed by atoms with Crippen LogP contribution in [-0.2, 0) is 11.3 Å². The molecule has 1 aromatic heterocycles. The maximum Gasteiger partial charge on any atom is 0.407 e. The minimum atomic E-state index is -0.506. The van der Waals surface area contributed by atoms with Crippen molar-refractivity contribution in [3.8, 4) is 0 Å². The van der Waals surface area contributed by atoms with E-state index in [0.717, 1.165) is 0 Å². The summed E-state index contributed by atoms with van der Waals surface area (Å²) < 4.78 is 4.79. The predicted octanol–water partition coefficient (Wildman–Crippen LogP) is 2.24. The highest BCUT2D eigenvalue weighted by atomic mass is 35.5. The number of amides is 1. The maximum absolute atomic E-state index is 10.7. The molecule has 1 rings (SSSR count). The molecule has 76 valence electrons. The second kappa shape index (κ2) is 5.02. The molecular weight excluding hydrogens is 227 g/mol. The van der Waals surface area contributed by atoms with Gasteiger partial charge in [0.15, 0.2) is 0 Å². The fourth-order valence-corrected chi connectivity index (χ4v) is 1.32. The fourth-order valence-electron chi connectivity index (χ4n) is 0.819. The molecule has 0 bridgehead atoms. The number of alkyl carbamates (subject to hydrolysis) is 1. The van der Waals surface area contributed by atoms with Gasteiger partial charge in [-0.1, -0.05) is 23.2 Å². The molecule has 0 saturated heterocycles. The first-order chi connectivity index (χ1) is 6.61. The van der Waals surface area contributed by atoms with Gasteiger partial charge in [-0.25, -0.2) is 9.78 Å². The maximum atomic E-state index is 10.7. The third-order valence-corrected chi connectivity index (χ3v) is 1.78. The fraction of sp³-hybridized carbons (Fsp3) is 0.250. The van der Waals surface area contributed by atoms with Crippen molar-refractivity contribution in [3.05, 3.63) is 28.0 Å². The molecule has 0 saturated carbocycles. The molecule has 14 heavy (non-hydrogen) atoms. The van der Waals surface area contributed by atoms with Crippen LogP contribution >= 0.6 is 23.2 Å². The molecule has 4 nitrogen and oxygen atoms in total. The molecule has 6 heteroatoms. The van der Waals surface area contributed by atoms with Crippen molar-refractivity contribution in [2.24, 2.45) is 0 Å². The second-order valence-electron chi connectivity index (χ2n) is 2.45. The minimum Gasteiger partial charge on any atom is -0.445 e. The number of nitrogens with zero attached hydrogens (tertiary/aromatic N) is 1. The normalized spacial score (nSPS) is 9.64. The van der Waals surface area contributed by atoms with Gasteiger partial charge in [-0.15, -0.1) is 0 Å². The molecule has 0 fully saturated rings. The number of ether oxygens (including phenoxy) is 1. The number of hydrogen-bond acceptors (Lipinski definition) is 3. The monoisotopic (exact) mass is 234 g/mol. The molecule has 0 aliphatic rings. The van der Waals surface area contributed by atoms with Crippen LogP contribution in [0.15, 0.2) is 12.1 Å². The molecule has 0 aliphatic heterocycles. The van der Waals surface area contributed by atoms with Crippen LogP contribution in [-0.4, -0.2) is 18.1 Å². The molecule has 0 unspecified atom stereocenters. The van der Waals surface area contributed by atoms with Gasteiger partial charge in [-0.2, -0.15) is 0 Å². The number of hydrogen-bond donors (Lipinski definition) is 1. The summed E-state index contributed by atoms with van der Waals surface area (Å²) in [7, 11) is 1.48. The molecule has 0 spiro atoms. The third-order valence-electron chi connectivity index (χ3n) is 1.40. The lowest BCUT2D eigenvalue weighted by molar-refractivity contribution is 0.142. The molecule has 0 radical (unpaired) electrons. The van der Waals surface area contributed by atoms with Gasteiger partial charge in [0.05, 0.1) is 0 Å². The van der Waals surface area contributed by atoms with E-state index in [9.17, 15) is 4.79 Å². The summed E-state index contributed by atoms with van der Waals surface area (Å²) >= 11 is 11.3. The summed E-state index contributed by atoms with van der Waals surface area (Å²) in [6.07, 6.45) is -0.506. The lowest BCUT2D eigenvalue weighted by Crippen LogP contribution is -2.18. The van der Waals surface area contributed by atoms with E-state index >= 15 is 0 Å². The van der Waals surface area contributed by atoms with Gasteiger partial charge in [-0.3, -0.25) is 0 Å². The first-order valence-electron chi connectivity index (χ1n) is 3.78. The van der Waals surface area contributed by atoms with Gasteiger partial charge in [0.25, 0.3) is 0 Å². The van der Waals surface area contributed by atoms with Crippen LogP contribution in [0, 0.1) is 0 Å². The van der Waals surface area contributed by atoms with Crippen LogP contribution in [0.2, 0.25) is 10.3 Å². The Kier molecular flexibility index (Phi) is 3.98. The first-order valence-corrected chi connectivity index (χ1v) is 4.54. The smallest absolute Gasteiger partial charge is 0.407 e. The number of halogens is 2. The number of nitrogens with one attached hydrogen (secondary N) is 1. The lowest BCUT2D eigenvalue weighted by atomic mass is 10.3. The molecule has 0 atom stereocenters. The van der Waals surface area contributed by atoms with Gasteiger partial charge < -0.3 is 10.1 Å². The Morgan fingerprint density at radius 1 is 1.50 bits per heavy atom. The molecule has 1 amide bonds. The van der Waals surface area contributed by atoms with Crippen molar-refractivity contribution in [1.82, 2.24) is 10.3 Å². The van der Waals surface area contributed by atoms with Crippen LogP contribution in [0.3, 0.4) is 0 Å². The van der Waals surface area contributed by atoms with Gasteiger partial charge in [0, 0.05) is 7.05 Å². The molecule has 1 aromatic rings. The zero-order valence-corrected chi connectivity index (χ0v) is 8.89. The van der Waals surface area contributed by atoms with Gasteiger partial charge in [0.2, 0.25) is 0 Å². The topological polar surface area (TPSA) is 51.2 Å². The Balaban J connectivity index is 2.63. The first kappa shape index (κ1) is 11.1. The lowest BCUT2D eigenvalue weighted by Gasteiger charge is -2.04. The minimum absolute atomic E-state index is 0.113. The SMILES string of the molecule is CNC(=O)OCc1cc(Cl)nc(Cl)c1. The number of carbonyl (C=O) groups is 1. The molecule has 1 N–H and O–H groups in total. The van der Waals surface area contributed by atoms with E-state index in [2.05, 4.69) is 10.3 Å². The van der Waals surface area contributed by atoms with Gasteiger partial charge >= 0.3 is 6.09 Å². The Morgan fingerprint density at radius 3 is 2.57 bits per heavy atom. The third kappa shape index (κ3) is 3.40. The van der Waals surface area contributed by atoms with E-state index in [1.165, 1.54) is 7.05 Å². The van der Waals surface area contributed by atoms with Crippen molar-refractivity contribution in [2.75, 3.05) is 7.05 Å². The van der Waals surface area contributed by atoms with Gasteiger partial charge in [-0.05, 0) is 17.7 Å². The van der Waals surface area contributed by atoms with Crippen molar-refractivity contribution in [2.45, 2.75) is 6.61 Å². The largest absolute Gasteiger partial charge is 0.445 e. The van der Waals surface area contributed by atoms with E-state index < -0.39 is 6.09 Å². The summed E-state index contributed by atoms with van der Waals surface area (Å²) in [5, 5.41) is 2.86. The summed E-state index contributed by atoms with van der Waals surface area (Å²) in [4.78, 5) is 14.5. The average molecular weight is 235 g/mol. The summed E-state index contributed by atoms with van der Waals surface area (Å²) in [5.41, 5.74) is 0.693. The Bertz CT molecular complexity index is 324. The summed E-state index contributed by atoms with van der Waals surface area (Å²) in [6.45, 7) is 0.113. The standard InChI is InChI=1S/C8H8Cl2N2O2/c1-11-8(13)14-4-5-2-6(9)12-7(10)3-5/h2-3H,4H2,1H3,(H,11,13). The van der Waals surface area contributed by atoms with E-state index in [4.69, 9.17) is 27.9 Å². The van der Waals surface area contributed by atoms with Crippen LogP contribution in [0.5, 0.6) is 0 Å². The number of rotatable bonds is 2. The second-order valence-corrected chi connectivity index (χ2v) is 3.22. The van der Waals surface area contributed by atoms with Gasteiger partial charge in [0.1, 0.15) is 16.9 Å². The van der Waals surface area contributed by atoms with E-state index in [1.807, 2.05) is 0 Å². The molecular formula is C8H8Cl2N2O2.